The van der Waals surface area contributed by atoms with Gasteiger partial charge >= 0.3 is 5.97 Å². The zero-order valence-corrected chi connectivity index (χ0v) is 15.7. The number of nitrogens with zero attached hydrogens (tertiary/aromatic N) is 1. The molecule has 1 aromatic heterocycles. The summed E-state index contributed by atoms with van der Waals surface area (Å²) >= 11 is 2.49. The van der Waals surface area contributed by atoms with E-state index in [0.29, 0.717) is 16.6 Å². The molecule has 0 aliphatic rings. The molecule has 25 heavy (non-hydrogen) atoms. The summed E-state index contributed by atoms with van der Waals surface area (Å²) in [4.78, 5) is 28.5. The van der Waals surface area contributed by atoms with Gasteiger partial charge in [-0.05, 0) is 25.1 Å². The van der Waals surface area contributed by atoms with Crippen LogP contribution < -0.4 is 14.8 Å². The van der Waals surface area contributed by atoms with Crippen LogP contribution >= 0.6 is 23.1 Å². The van der Waals surface area contributed by atoms with Gasteiger partial charge in [0, 0.05) is 5.38 Å². The molecular formula is C16H18N2O5S2. The largest absolute Gasteiger partial charge is 0.497 e. The second-order valence-electron chi connectivity index (χ2n) is 4.61. The number of rotatable bonds is 8. The van der Waals surface area contributed by atoms with Crippen LogP contribution in [0.5, 0.6) is 11.5 Å². The lowest BCUT2D eigenvalue weighted by Crippen LogP contribution is -2.14. The molecule has 0 bridgehead atoms. The Labute approximate surface area is 153 Å². The number of ether oxygens (including phenoxy) is 3. The van der Waals surface area contributed by atoms with Crippen molar-refractivity contribution in [1.82, 2.24) is 4.98 Å². The zero-order chi connectivity index (χ0) is 18.2. The number of benzene rings is 1. The van der Waals surface area contributed by atoms with E-state index in [-0.39, 0.29) is 24.0 Å². The number of carbonyl (C=O) groups is 2. The van der Waals surface area contributed by atoms with E-state index in [1.54, 1.807) is 44.7 Å². The second-order valence-corrected chi connectivity index (χ2v) is 6.49. The first kappa shape index (κ1) is 19.1. The molecule has 0 spiro atoms. The molecule has 0 fully saturated rings. The smallest absolute Gasteiger partial charge is 0.357 e. The lowest BCUT2D eigenvalue weighted by molar-refractivity contribution is -0.113. The molecule has 7 nitrogen and oxygen atoms in total. The first-order valence-electron chi connectivity index (χ1n) is 7.34. The third-order valence-electron chi connectivity index (χ3n) is 2.96. The van der Waals surface area contributed by atoms with Crippen LogP contribution in [-0.4, -0.2) is 43.4 Å². The predicted octanol–water partition coefficient (Wildman–Crippen LogP) is 3.07. The van der Waals surface area contributed by atoms with Crippen LogP contribution in [0.1, 0.15) is 17.4 Å². The molecule has 134 valence electrons. The maximum atomic E-state index is 12.1. The second kappa shape index (κ2) is 9.28. The maximum Gasteiger partial charge on any atom is 0.357 e. The molecule has 1 heterocycles. The summed E-state index contributed by atoms with van der Waals surface area (Å²) < 4.78 is 15.3. The van der Waals surface area contributed by atoms with Crippen molar-refractivity contribution in [2.24, 2.45) is 0 Å². The number of hydrogen-bond donors (Lipinski definition) is 1. The van der Waals surface area contributed by atoms with Gasteiger partial charge in [0.05, 0.1) is 31.5 Å². The van der Waals surface area contributed by atoms with Crippen molar-refractivity contribution >= 4 is 40.1 Å². The van der Waals surface area contributed by atoms with Gasteiger partial charge in [-0.25, -0.2) is 9.78 Å². The molecule has 0 unspecified atom stereocenters. The summed E-state index contributed by atoms with van der Waals surface area (Å²) in [7, 11) is 3.14. The van der Waals surface area contributed by atoms with E-state index in [4.69, 9.17) is 14.2 Å². The van der Waals surface area contributed by atoms with Crippen molar-refractivity contribution in [1.29, 1.82) is 0 Å². The fourth-order valence-electron chi connectivity index (χ4n) is 1.83. The van der Waals surface area contributed by atoms with Gasteiger partial charge in [0.2, 0.25) is 5.91 Å². The summed E-state index contributed by atoms with van der Waals surface area (Å²) in [6, 6.07) is 5.37. The van der Waals surface area contributed by atoms with Crippen molar-refractivity contribution in [2.75, 3.05) is 31.9 Å². The van der Waals surface area contributed by atoms with Crippen molar-refractivity contribution in [2.45, 2.75) is 11.8 Å². The van der Waals surface area contributed by atoms with E-state index in [1.807, 2.05) is 0 Å². The first-order chi connectivity index (χ1) is 12.1. The molecule has 0 aliphatic carbocycles. The highest BCUT2D eigenvalue weighted by Crippen LogP contribution is 2.32. The summed E-state index contributed by atoms with van der Waals surface area (Å²) in [5.74, 6) is 0.771. The molecule has 2 rings (SSSR count). The minimum absolute atomic E-state index is 0.165. The van der Waals surface area contributed by atoms with E-state index < -0.39 is 5.97 Å². The highest BCUT2D eigenvalue weighted by Gasteiger charge is 2.14. The van der Waals surface area contributed by atoms with Crippen LogP contribution in [0.25, 0.3) is 0 Å². The van der Waals surface area contributed by atoms with Gasteiger partial charge in [0.15, 0.2) is 10.8 Å². The SMILES string of the molecule is CCOC(=O)c1csc(NC(=O)CSc2cc(OC)ccc2OC)n1. The molecule has 0 aliphatic heterocycles. The Hall–Kier alpha value is -2.26. The molecule has 1 N–H and O–H groups in total. The van der Waals surface area contributed by atoms with Gasteiger partial charge in [-0.2, -0.15) is 0 Å². The number of nitrogens with one attached hydrogen (secondary N) is 1. The number of thiazole rings is 1. The molecule has 1 aromatic carbocycles. The Balaban J connectivity index is 1.94. The monoisotopic (exact) mass is 382 g/mol. The van der Waals surface area contributed by atoms with E-state index in [2.05, 4.69) is 10.3 Å². The normalized spacial score (nSPS) is 10.2. The Kier molecular flexibility index (Phi) is 7.08. The Bertz CT molecular complexity index is 748. The summed E-state index contributed by atoms with van der Waals surface area (Å²) in [5.41, 5.74) is 0.185. The van der Waals surface area contributed by atoms with Crippen LogP contribution in [-0.2, 0) is 9.53 Å². The number of methoxy groups -OCH3 is 2. The number of anilines is 1. The molecule has 1 amide bonds. The van der Waals surface area contributed by atoms with Crippen molar-refractivity contribution in [3.63, 3.8) is 0 Å². The summed E-state index contributed by atoms with van der Waals surface area (Å²) in [6.07, 6.45) is 0. The highest BCUT2D eigenvalue weighted by molar-refractivity contribution is 8.00. The van der Waals surface area contributed by atoms with Crippen LogP contribution in [0, 0.1) is 0 Å². The number of esters is 1. The quantitative estimate of drug-likeness (QED) is 0.554. The molecule has 9 heteroatoms. The Morgan fingerprint density at radius 1 is 1.28 bits per heavy atom. The van der Waals surface area contributed by atoms with Crippen LogP contribution in [0.3, 0.4) is 0 Å². The third-order valence-corrected chi connectivity index (χ3v) is 4.76. The number of amides is 1. The van der Waals surface area contributed by atoms with E-state index in [1.165, 1.54) is 23.1 Å². The Morgan fingerprint density at radius 3 is 2.76 bits per heavy atom. The van der Waals surface area contributed by atoms with Crippen molar-refractivity contribution in [3.05, 3.63) is 29.3 Å². The highest BCUT2D eigenvalue weighted by atomic mass is 32.2. The lowest BCUT2D eigenvalue weighted by Gasteiger charge is -2.09. The first-order valence-corrected chi connectivity index (χ1v) is 9.21. The average molecular weight is 382 g/mol. The molecular weight excluding hydrogens is 364 g/mol. The number of hydrogen-bond acceptors (Lipinski definition) is 8. The van der Waals surface area contributed by atoms with Crippen LogP contribution in [0.4, 0.5) is 5.13 Å². The maximum absolute atomic E-state index is 12.1. The minimum atomic E-state index is -0.505. The molecule has 0 atom stereocenters. The molecule has 0 saturated heterocycles. The minimum Gasteiger partial charge on any atom is -0.497 e. The lowest BCUT2D eigenvalue weighted by atomic mass is 10.3. The zero-order valence-electron chi connectivity index (χ0n) is 14.0. The van der Waals surface area contributed by atoms with Gasteiger partial charge in [-0.15, -0.1) is 23.1 Å². The fraction of sp³-hybridized carbons (Fsp3) is 0.312. The number of aromatic nitrogens is 1. The van der Waals surface area contributed by atoms with E-state index in [0.717, 1.165) is 4.90 Å². The van der Waals surface area contributed by atoms with E-state index in [9.17, 15) is 9.59 Å². The van der Waals surface area contributed by atoms with Gasteiger partial charge < -0.3 is 19.5 Å². The standard InChI is InChI=1S/C16H18N2O5S2/c1-4-23-15(20)11-8-25-16(17-11)18-14(19)9-24-13-7-10(21-2)5-6-12(13)22-3/h5-8H,4,9H2,1-3H3,(H,17,18,19). The molecule has 2 aromatic rings. The summed E-state index contributed by atoms with van der Waals surface area (Å²) in [6.45, 7) is 1.99. The van der Waals surface area contributed by atoms with Gasteiger partial charge in [-0.1, -0.05) is 0 Å². The summed E-state index contributed by atoms with van der Waals surface area (Å²) in [5, 5.41) is 4.56. The van der Waals surface area contributed by atoms with Crippen molar-refractivity contribution in [3.8, 4) is 11.5 Å². The van der Waals surface area contributed by atoms with Gasteiger partial charge in [0.25, 0.3) is 0 Å². The molecule has 0 radical (unpaired) electrons. The van der Waals surface area contributed by atoms with Crippen LogP contribution in [0.15, 0.2) is 28.5 Å². The van der Waals surface area contributed by atoms with E-state index >= 15 is 0 Å². The fourth-order valence-corrected chi connectivity index (χ4v) is 3.37. The topological polar surface area (TPSA) is 86.8 Å². The van der Waals surface area contributed by atoms with Gasteiger partial charge in [-0.3, -0.25) is 4.79 Å². The molecule has 0 saturated carbocycles. The van der Waals surface area contributed by atoms with Gasteiger partial charge in [0.1, 0.15) is 11.5 Å². The third kappa shape index (κ3) is 5.36. The average Bonchev–Trinajstić information content (AvgIpc) is 3.08. The van der Waals surface area contributed by atoms with Crippen molar-refractivity contribution < 1.29 is 23.8 Å². The number of carbonyl (C=O) groups excluding carboxylic acids is 2. The predicted molar refractivity (Wildman–Crippen MR) is 97.0 cm³/mol. The Morgan fingerprint density at radius 2 is 2.08 bits per heavy atom. The number of thioether (sulfide) groups is 1. The van der Waals surface area contributed by atoms with Crippen LogP contribution in [0.2, 0.25) is 0 Å².